The summed E-state index contributed by atoms with van der Waals surface area (Å²) in [7, 11) is 4.26. The molecule has 3 aromatic heterocycles. The predicted molar refractivity (Wildman–Crippen MR) is 626 cm³/mol. The molecule has 0 amide bonds. The van der Waals surface area contributed by atoms with Crippen molar-refractivity contribution in [1.82, 2.24) is 14.1 Å². The lowest BCUT2D eigenvalue weighted by atomic mass is 9.90. The number of rotatable bonds is 34. The van der Waals surface area contributed by atoms with E-state index in [1.165, 1.54) is 73.3 Å². The Bertz CT molecular complexity index is 8150. The van der Waals surface area contributed by atoms with Crippen molar-refractivity contribution >= 4 is 166 Å². The maximum Gasteiger partial charge on any atom is 0.0917 e. The molecule has 5 heterocycles. The number of hydrogen-bond donors (Lipinski definition) is 0. The van der Waals surface area contributed by atoms with Gasteiger partial charge in [0.25, 0.3) is 0 Å². The molecule has 23 rings (SSSR count). The van der Waals surface area contributed by atoms with Gasteiger partial charge in [0, 0.05) is 128 Å². The van der Waals surface area contributed by atoms with Crippen LogP contribution in [0.1, 0.15) is 57.3 Å². The normalized spacial score (nSPS) is 12.9. The number of pyridine rings is 1. The van der Waals surface area contributed by atoms with Gasteiger partial charge in [-0.1, -0.05) is 273 Å². The standard InChI is InChI=1S/C67H61N9.C64H53N9/c1-71-65-34-18-17-33-63(65)64-45-52(37-40-66(64)71)47-69-74(57-25-9-3-10-26-57)50-62(76(61-31-15-6-16-32-61)70-48-53-43-54-21-19-41-72-42-20-22-55(44-53)67(54)72)49-73(56-23-7-2-8-24-56)68-46-51-35-38-60(39-36-51)75(58-27-11-4-12-28-58)59-29-13-5-14-30-59;1-69-63-34-20-18-32-60(63)61-43-50(37-40-64(61)69)45-67-71(53-23-9-3-10-24-53)48-58(73(57-29-15-6-16-30-57)68-46-51-41-42-65-62-33-19-17-31-59(51)62)47-70(52-21-7-2-8-22-52)66-44-49-35-38-56(39-36-49)72(54-25-11-4-12-26-54)55-27-13-5-14-28-55/h2-18,23-40,43-48,62H,19-22,41-42,49-50H2,1H3;2-46,58H,47-48H2,1H3/b68-46+,69-47-,70-48+;66-44+,67-45-,68-46+. The molecule has 2 aliphatic heterocycles. The van der Waals surface area contributed by atoms with Gasteiger partial charge < -0.3 is 23.8 Å². The molecule has 2 atom stereocenters. The molecule has 149 heavy (non-hydrogen) atoms. The number of aromatic nitrogens is 3. The van der Waals surface area contributed by atoms with E-state index in [0.717, 1.165) is 138 Å². The number of nitrogens with zero attached hydrogens (tertiary/aromatic N) is 18. The minimum absolute atomic E-state index is 0.298. The molecule has 0 fully saturated rings. The van der Waals surface area contributed by atoms with E-state index >= 15 is 0 Å². The number of fused-ring (bicyclic) bond motifs is 7. The Balaban J connectivity index is 0.000000169. The summed E-state index contributed by atoms with van der Waals surface area (Å²) in [6.07, 6.45) is 18.3. The minimum Gasteiger partial charge on any atom is -0.371 e. The van der Waals surface area contributed by atoms with Crippen molar-refractivity contribution in [2.45, 2.75) is 37.8 Å². The molecule has 728 valence electrons. The Labute approximate surface area is 870 Å². The van der Waals surface area contributed by atoms with Crippen molar-refractivity contribution in [3.63, 3.8) is 0 Å². The Kier molecular flexibility index (Phi) is 29.0. The molecule has 0 aliphatic carbocycles. The van der Waals surface area contributed by atoms with E-state index in [1.807, 2.05) is 91.9 Å². The topological polar surface area (TPSA) is 126 Å². The van der Waals surface area contributed by atoms with Crippen LogP contribution in [0.2, 0.25) is 0 Å². The van der Waals surface area contributed by atoms with Crippen LogP contribution in [0.5, 0.6) is 0 Å². The van der Waals surface area contributed by atoms with Gasteiger partial charge in [-0.2, -0.15) is 30.6 Å². The van der Waals surface area contributed by atoms with Crippen molar-refractivity contribution in [2.24, 2.45) is 44.7 Å². The highest BCUT2D eigenvalue weighted by Gasteiger charge is 2.31. The maximum atomic E-state index is 5.53. The van der Waals surface area contributed by atoms with Crippen LogP contribution in [0.3, 0.4) is 0 Å². The predicted octanol–water partition coefficient (Wildman–Crippen LogP) is 29.4. The number of hydrazone groups is 6. The third-order valence-electron chi connectivity index (χ3n) is 27.8. The molecule has 0 spiro atoms. The van der Waals surface area contributed by atoms with Crippen molar-refractivity contribution < 1.29 is 0 Å². The fourth-order valence-electron chi connectivity index (χ4n) is 20.5. The van der Waals surface area contributed by atoms with E-state index < -0.39 is 0 Å². The lowest BCUT2D eigenvalue weighted by molar-refractivity contribution is 0.576. The third-order valence-corrected chi connectivity index (χ3v) is 27.8. The molecule has 0 saturated heterocycles. The van der Waals surface area contributed by atoms with Crippen LogP contribution in [0, 0.1) is 0 Å². The largest absolute Gasteiger partial charge is 0.371 e. The molecule has 18 aromatic carbocycles. The van der Waals surface area contributed by atoms with Crippen LogP contribution in [0.15, 0.2) is 516 Å². The summed E-state index contributed by atoms with van der Waals surface area (Å²) < 4.78 is 4.52. The zero-order chi connectivity index (χ0) is 100. The van der Waals surface area contributed by atoms with E-state index in [4.69, 9.17) is 30.6 Å². The highest BCUT2D eigenvalue weighted by molar-refractivity contribution is 6.11. The first-order valence-corrected chi connectivity index (χ1v) is 51.1. The average Bonchev–Trinajstić information content (AvgIpc) is 1.67. The molecule has 2 unspecified atom stereocenters. The van der Waals surface area contributed by atoms with Gasteiger partial charge in [0.2, 0.25) is 0 Å². The first-order chi connectivity index (χ1) is 73.7. The lowest BCUT2D eigenvalue weighted by Crippen LogP contribution is -2.47. The van der Waals surface area contributed by atoms with Crippen LogP contribution in [0.25, 0.3) is 54.5 Å². The molecule has 18 heteroatoms. The van der Waals surface area contributed by atoms with E-state index in [1.54, 1.807) is 0 Å². The van der Waals surface area contributed by atoms with Gasteiger partial charge in [-0.25, -0.2) is 0 Å². The van der Waals surface area contributed by atoms with Gasteiger partial charge in [0.05, 0.1) is 115 Å². The first-order valence-electron chi connectivity index (χ1n) is 51.1. The molecule has 2 aliphatic rings. The van der Waals surface area contributed by atoms with Crippen molar-refractivity contribution in [3.05, 3.63) is 530 Å². The molecule has 0 N–H and O–H groups in total. The van der Waals surface area contributed by atoms with Gasteiger partial charge in [-0.05, 0) is 271 Å². The monoisotopic (exact) mass is 1940 g/mol. The summed E-state index contributed by atoms with van der Waals surface area (Å²) in [5, 5.41) is 50.9. The Morgan fingerprint density at radius 3 is 0.893 bits per heavy atom. The van der Waals surface area contributed by atoms with Gasteiger partial charge in [-0.15, -0.1) is 0 Å². The summed E-state index contributed by atoms with van der Waals surface area (Å²) in [5.74, 6) is 0. The number of aryl methyl sites for hydroxylation is 4. The second-order valence-corrected chi connectivity index (χ2v) is 37.5. The first kappa shape index (κ1) is 95.1. The number of benzene rings is 18. The van der Waals surface area contributed by atoms with Crippen LogP contribution in [0.4, 0.5) is 73.9 Å². The van der Waals surface area contributed by atoms with Gasteiger partial charge in [0.15, 0.2) is 0 Å². The average molecular weight is 1940 g/mol. The third kappa shape index (κ3) is 22.0. The van der Waals surface area contributed by atoms with Crippen LogP contribution in [-0.2, 0) is 26.9 Å². The molecule has 18 nitrogen and oxygen atoms in total. The van der Waals surface area contributed by atoms with Crippen molar-refractivity contribution in [2.75, 3.05) is 84.0 Å². The zero-order valence-corrected chi connectivity index (χ0v) is 83.4. The highest BCUT2D eigenvalue weighted by Crippen LogP contribution is 2.41. The SMILES string of the molecule is Cn1c2ccccc2c2cc(/C=N\N(CC(CN(/N=C/c3ccc(N(c4ccccc4)c4ccccc4)cc3)c3ccccc3)N(/N=C/c3cc4c5c(c3)CCCN5CCC4)c3ccccc3)c3ccccc3)ccc21.Cn1c2ccccc2c2cc(/C=N\N(CC(CN(/N=C/c3ccc(N(c4ccccc4)c4ccccc4)cc3)c3ccccc3)N(/N=C/c3ccnc4ccccc34)c3ccccc3)c3ccccc3)ccc21. The molecule has 21 aromatic rings. The second-order valence-electron chi connectivity index (χ2n) is 37.5. The van der Waals surface area contributed by atoms with Crippen LogP contribution < -0.4 is 44.8 Å². The van der Waals surface area contributed by atoms with Crippen molar-refractivity contribution in [1.29, 1.82) is 0 Å². The summed E-state index contributed by atoms with van der Waals surface area (Å²) in [5.41, 5.74) is 28.2. The molecular weight excluding hydrogens is 1830 g/mol. The Hall–Kier alpha value is -18.8. The summed E-state index contributed by atoms with van der Waals surface area (Å²) in [6.45, 7) is 4.08. The second kappa shape index (κ2) is 45.4. The molecule has 0 bridgehead atoms. The smallest absolute Gasteiger partial charge is 0.0917 e. The molecular formula is C131H114N18. The Morgan fingerprint density at radius 2 is 0.530 bits per heavy atom. The summed E-state index contributed by atoms with van der Waals surface area (Å²) in [4.78, 5) is 11.8. The quantitative estimate of drug-likeness (QED) is 0.0284. The van der Waals surface area contributed by atoms with Crippen LogP contribution in [-0.4, -0.2) is 103 Å². The minimum atomic E-state index is -0.338. The highest BCUT2D eigenvalue weighted by atomic mass is 15.6. The van der Waals surface area contributed by atoms with E-state index in [2.05, 4.69) is 504 Å². The van der Waals surface area contributed by atoms with Crippen molar-refractivity contribution in [3.8, 4) is 0 Å². The van der Waals surface area contributed by atoms with Gasteiger partial charge in [0.1, 0.15) is 0 Å². The number of para-hydroxylation sites is 13. The van der Waals surface area contributed by atoms with E-state index in [0.29, 0.717) is 26.2 Å². The summed E-state index contributed by atoms with van der Waals surface area (Å²) in [6, 6.07) is 166. The fraction of sp³-hybridized carbons (Fsp3) is 0.107. The summed E-state index contributed by atoms with van der Waals surface area (Å²) >= 11 is 0. The molecule has 0 saturated carbocycles. The zero-order valence-electron chi connectivity index (χ0n) is 83.4. The fourth-order valence-corrected chi connectivity index (χ4v) is 20.5. The van der Waals surface area contributed by atoms with Gasteiger partial charge in [-0.3, -0.25) is 35.0 Å². The number of hydrogen-bond acceptors (Lipinski definition) is 16. The van der Waals surface area contributed by atoms with Crippen LogP contribution >= 0.6 is 0 Å². The van der Waals surface area contributed by atoms with E-state index in [9.17, 15) is 0 Å². The maximum absolute atomic E-state index is 5.53. The van der Waals surface area contributed by atoms with E-state index in [-0.39, 0.29) is 12.1 Å². The molecule has 0 radical (unpaired) electrons. The van der Waals surface area contributed by atoms with Gasteiger partial charge >= 0.3 is 0 Å². The number of anilines is 13. The lowest BCUT2D eigenvalue weighted by Gasteiger charge is -2.37. The Morgan fingerprint density at radius 1 is 0.248 bits per heavy atom.